The fourth-order valence-electron chi connectivity index (χ4n) is 2.52. The van der Waals surface area contributed by atoms with Crippen molar-refractivity contribution in [1.82, 2.24) is 15.6 Å². The molecule has 1 aliphatic rings. The lowest BCUT2D eigenvalue weighted by Gasteiger charge is -2.25. The SMILES string of the molecule is CCc1cnc(CNC(=O)C2Cc3ccccc3CN2)s1.Cl.Cl. The zero-order chi connectivity index (χ0) is 14.7. The maximum absolute atomic E-state index is 12.3. The Balaban J connectivity index is 0.00000132. The van der Waals surface area contributed by atoms with Crippen molar-refractivity contribution in [3.05, 3.63) is 51.5 Å². The molecule has 0 saturated heterocycles. The molecule has 1 atom stereocenters. The topological polar surface area (TPSA) is 54.0 Å². The molecule has 7 heteroatoms. The highest BCUT2D eigenvalue weighted by atomic mass is 35.5. The first kappa shape index (κ1) is 19.9. The van der Waals surface area contributed by atoms with E-state index in [4.69, 9.17) is 0 Å². The third kappa shape index (κ3) is 4.91. The average molecular weight is 374 g/mol. The number of rotatable bonds is 4. The zero-order valence-electron chi connectivity index (χ0n) is 12.9. The molecule has 3 rings (SSSR count). The normalized spacial score (nSPS) is 15.8. The molecule has 23 heavy (non-hydrogen) atoms. The lowest BCUT2D eigenvalue weighted by molar-refractivity contribution is -0.123. The van der Waals surface area contributed by atoms with E-state index in [1.807, 2.05) is 18.3 Å². The number of fused-ring (bicyclic) bond motifs is 1. The first-order chi connectivity index (χ1) is 10.3. The smallest absolute Gasteiger partial charge is 0.237 e. The minimum Gasteiger partial charge on any atom is -0.348 e. The molecule has 4 nitrogen and oxygen atoms in total. The lowest BCUT2D eigenvalue weighted by Crippen LogP contribution is -2.47. The van der Waals surface area contributed by atoms with Gasteiger partial charge in [-0.05, 0) is 24.0 Å². The van der Waals surface area contributed by atoms with Crippen molar-refractivity contribution >= 4 is 42.1 Å². The van der Waals surface area contributed by atoms with Crippen molar-refractivity contribution in [2.45, 2.75) is 38.9 Å². The maximum Gasteiger partial charge on any atom is 0.237 e. The van der Waals surface area contributed by atoms with Crippen LogP contribution in [-0.2, 0) is 30.7 Å². The quantitative estimate of drug-likeness (QED) is 0.865. The molecule has 2 heterocycles. The third-order valence-electron chi connectivity index (χ3n) is 3.76. The standard InChI is InChI=1S/C16H19N3OS.2ClH/c1-2-13-9-18-15(21-13)10-19-16(20)14-7-11-5-3-4-6-12(11)8-17-14;;/h3-6,9,14,17H,2,7-8,10H2,1H3,(H,19,20);2*1H. The summed E-state index contributed by atoms with van der Waals surface area (Å²) in [4.78, 5) is 17.8. The van der Waals surface area contributed by atoms with Crippen LogP contribution in [0.3, 0.4) is 0 Å². The number of nitrogens with zero attached hydrogens (tertiary/aromatic N) is 1. The number of amides is 1. The largest absolute Gasteiger partial charge is 0.348 e. The number of hydrogen-bond acceptors (Lipinski definition) is 4. The Morgan fingerprint density at radius 2 is 2.09 bits per heavy atom. The highest BCUT2D eigenvalue weighted by Crippen LogP contribution is 2.17. The second kappa shape index (κ2) is 9.23. The summed E-state index contributed by atoms with van der Waals surface area (Å²) in [7, 11) is 0. The molecule has 1 aromatic heterocycles. The number of carbonyl (C=O) groups is 1. The number of hydrogen-bond donors (Lipinski definition) is 2. The third-order valence-corrected chi connectivity index (χ3v) is 4.90. The van der Waals surface area contributed by atoms with Gasteiger partial charge in [0.15, 0.2) is 0 Å². The number of benzene rings is 1. The Kier molecular flexibility index (Phi) is 7.99. The van der Waals surface area contributed by atoms with Crippen LogP contribution in [0.25, 0.3) is 0 Å². The summed E-state index contributed by atoms with van der Waals surface area (Å²) in [6, 6.07) is 8.13. The average Bonchev–Trinajstić information content (AvgIpc) is 3.00. The number of thiazole rings is 1. The summed E-state index contributed by atoms with van der Waals surface area (Å²) in [5.74, 6) is 0.0535. The van der Waals surface area contributed by atoms with Crippen LogP contribution < -0.4 is 10.6 Å². The van der Waals surface area contributed by atoms with E-state index in [2.05, 4.69) is 34.7 Å². The Morgan fingerprint density at radius 1 is 1.35 bits per heavy atom. The number of nitrogens with one attached hydrogen (secondary N) is 2. The highest BCUT2D eigenvalue weighted by molar-refractivity contribution is 7.11. The maximum atomic E-state index is 12.3. The second-order valence-corrected chi connectivity index (χ2v) is 6.40. The van der Waals surface area contributed by atoms with Crippen LogP contribution in [-0.4, -0.2) is 16.9 Å². The van der Waals surface area contributed by atoms with Gasteiger partial charge in [-0.1, -0.05) is 31.2 Å². The van der Waals surface area contributed by atoms with E-state index < -0.39 is 0 Å². The highest BCUT2D eigenvalue weighted by Gasteiger charge is 2.23. The number of halogens is 2. The van der Waals surface area contributed by atoms with Crippen LogP contribution in [0.15, 0.2) is 30.5 Å². The Hall–Kier alpha value is -1.14. The minimum absolute atomic E-state index is 0. The summed E-state index contributed by atoms with van der Waals surface area (Å²) in [5.41, 5.74) is 2.55. The first-order valence-electron chi connectivity index (χ1n) is 7.27. The number of aryl methyl sites for hydroxylation is 1. The van der Waals surface area contributed by atoms with Gasteiger partial charge in [0.2, 0.25) is 5.91 Å². The summed E-state index contributed by atoms with van der Waals surface area (Å²) < 4.78 is 0. The van der Waals surface area contributed by atoms with Crippen molar-refractivity contribution in [3.8, 4) is 0 Å². The van der Waals surface area contributed by atoms with E-state index >= 15 is 0 Å². The first-order valence-corrected chi connectivity index (χ1v) is 8.09. The summed E-state index contributed by atoms with van der Waals surface area (Å²) >= 11 is 1.66. The van der Waals surface area contributed by atoms with E-state index in [1.165, 1.54) is 16.0 Å². The van der Waals surface area contributed by atoms with Crippen molar-refractivity contribution in [2.24, 2.45) is 0 Å². The van der Waals surface area contributed by atoms with Gasteiger partial charge in [-0.15, -0.1) is 36.2 Å². The van der Waals surface area contributed by atoms with E-state index in [-0.39, 0.29) is 36.8 Å². The van der Waals surface area contributed by atoms with Gasteiger partial charge >= 0.3 is 0 Å². The Bertz CT molecular complexity index is 648. The van der Waals surface area contributed by atoms with Gasteiger partial charge in [0.25, 0.3) is 0 Å². The molecular formula is C16H21Cl2N3OS. The molecule has 2 N–H and O–H groups in total. The number of carbonyl (C=O) groups excluding carboxylic acids is 1. The van der Waals surface area contributed by atoms with Crippen LogP contribution in [0, 0.1) is 0 Å². The molecule has 1 aliphatic heterocycles. The van der Waals surface area contributed by atoms with Gasteiger partial charge in [0, 0.05) is 17.6 Å². The van der Waals surface area contributed by atoms with Crippen molar-refractivity contribution < 1.29 is 4.79 Å². The minimum atomic E-state index is -0.148. The van der Waals surface area contributed by atoms with Crippen molar-refractivity contribution in [3.63, 3.8) is 0 Å². The van der Waals surface area contributed by atoms with Gasteiger partial charge in [-0.2, -0.15) is 0 Å². The molecule has 126 valence electrons. The second-order valence-electron chi connectivity index (χ2n) is 5.20. The van der Waals surface area contributed by atoms with Crippen LogP contribution >= 0.6 is 36.2 Å². The fraction of sp³-hybridized carbons (Fsp3) is 0.375. The fourth-order valence-corrected chi connectivity index (χ4v) is 3.32. The molecule has 0 saturated carbocycles. The van der Waals surface area contributed by atoms with E-state index in [9.17, 15) is 4.79 Å². The molecular weight excluding hydrogens is 353 g/mol. The molecule has 0 bridgehead atoms. The van der Waals surface area contributed by atoms with Gasteiger partial charge in [0.1, 0.15) is 5.01 Å². The Morgan fingerprint density at radius 3 is 2.78 bits per heavy atom. The van der Waals surface area contributed by atoms with Crippen LogP contribution in [0.1, 0.15) is 27.9 Å². The zero-order valence-corrected chi connectivity index (χ0v) is 15.3. The van der Waals surface area contributed by atoms with Gasteiger partial charge < -0.3 is 10.6 Å². The monoisotopic (exact) mass is 373 g/mol. The molecule has 1 amide bonds. The van der Waals surface area contributed by atoms with E-state index in [0.717, 1.165) is 24.4 Å². The van der Waals surface area contributed by atoms with Crippen LogP contribution in [0.2, 0.25) is 0 Å². The molecule has 0 radical (unpaired) electrons. The summed E-state index contributed by atoms with van der Waals surface area (Å²) in [6.45, 7) is 3.38. The van der Waals surface area contributed by atoms with Crippen LogP contribution in [0.4, 0.5) is 0 Å². The van der Waals surface area contributed by atoms with Crippen LogP contribution in [0.5, 0.6) is 0 Å². The van der Waals surface area contributed by atoms with Gasteiger partial charge in [-0.3, -0.25) is 4.79 Å². The van der Waals surface area contributed by atoms with Crippen molar-refractivity contribution in [1.29, 1.82) is 0 Å². The predicted octanol–water partition coefficient (Wildman–Crippen LogP) is 2.88. The molecule has 0 fully saturated rings. The molecule has 0 aliphatic carbocycles. The molecule has 1 unspecified atom stereocenters. The van der Waals surface area contributed by atoms with E-state index in [0.29, 0.717) is 6.54 Å². The predicted molar refractivity (Wildman–Crippen MR) is 98.6 cm³/mol. The summed E-state index contributed by atoms with van der Waals surface area (Å²) in [6.07, 6.45) is 3.63. The molecule has 1 aromatic carbocycles. The van der Waals surface area contributed by atoms with Crippen molar-refractivity contribution in [2.75, 3.05) is 0 Å². The van der Waals surface area contributed by atoms with E-state index in [1.54, 1.807) is 11.3 Å². The molecule has 0 spiro atoms. The molecule has 2 aromatic rings. The number of aromatic nitrogens is 1. The van der Waals surface area contributed by atoms with Gasteiger partial charge in [-0.25, -0.2) is 4.98 Å². The summed E-state index contributed by atoms with van der Waals surface area (Å²) in [5, 5.41) is 7.25. The Labute approximate surface area is 152 Å². The van der Waals surface area contributed by atoms with Gasteiger partial charge in [0.05, 0.1) is 12.6 Å². The lowest BCUT2D eigenvalue weighted by atomic mass is 9.95.